The van der Waals surface area contributed by atoms with Gasteiger partial charge in [0.15, 0.2) is 0 Å². The second-order valence-corrected chi connectivity index (χ2v) is 5.50. The van der Waals surface area contributed by atoms with E-state index >= 15 is 0 Å². The summed E-state index contributed by atoms with van der Waals surface area (Å²) >= 11 is 0. The van der Waals surface area contributed by atoms with Crippen LogP contribution >= 0.6 is 0 Å². The molecular weight excluding hydrogens is 198 g/mol. The van der Waals surface area contributed by atoms with Crippen LogP contribution < -0.4 is 5.32 Å². The van der Waals surface area contributed by atoms with Crippen molar-refractivity contribution in [3.8, 4) is 0 Å². The zero-order valence-corrected chi connectivity index (χ0v) is 10.9. The Hall–Kier alpha value is -0.120. The number of hydrogen-bond donors (Lipinski definition) is 1. The van der Waals surface area contributed by atoms with Gasteiger partial charge >= 0.3 is 0 Å². The molecule has 16 heavy (non-hydrogen) atoms. The summed E-state index contributed by atoms with van der Waals surface area (Å²) in [5, 5.41) is 3.46. The third-order valence-electron chi connectivity index (χ3n) is 4.20. The number of nitrogens with one attached hydrogen (secondary N) is 1. The lowest BCUT2D eigenvalue weighted by atomic mass is 10.2. The first-order valence-corrected chi connectivity index (χ1v) is 6.90. The molecule has 1 unspecified atom stereocenters. The minimum absolute atomic E-state index is 0.796. The van der Waals surface area contributed by atoms with Crippen LogP contribution in [0.15, 0.2) is 0 Å². The number of likely N-dealkylation sites (N-methyl/N-ethyl adjacent to an activating group) is 1. The van der Waals surface area contributed by atoms with Crippen molar-refractivity contribution in [2.75, 3.05) is 46.3 Å². The third-order valence-corrected chi connectivity index (χ3v) is 4.20. The summed E-state index contributed by atoms with van der Waals surface area (Å²) in [7, 11) is 2.29. The van der Waals surface area contributed by atoms with E-state index in [2.05, 4.69) is 29.1 Å². The number of rotatable bonds is 5. The summed E-state index contributed by atoms with van der Waals surface area (Å²) in [6.07, 6.45) is 4.22. The fraction of sp³-hybridized carbons (Fsp3) is 1.00. The lowest BCUT2D eigenvalue weighted by Crippen LogP contribution is -2.39. The van der Waals surface area contributed by atoms with Gasteiger partial charge in [-0.2, -0.15) is 0 Å². The fourth-order valence-corrected chi connectivity index (χ4v) is 2.57. The predicted molar refractivity (Wildman–Crippen MR) is 68.7 cm³/mol. The molecule has 1 N–H and O–H groups in total. The smallest absolute Gasteiger partial charge is 0.0110 e. The first kappa shape index (κ1) is 12.3. The lowest BCUT2D eigenvalue weighted by Gasteiger charge is -2.28. The Kier molecular flexibility index (Phi) is 4.62. The number of nitrogens with zero attached hydrogens (tertiary/aromatic N) is 2. The molecule has 1 aliphatic heterocycles. The highest BCUT2D eigenvalue weighted by Crippen LogP contribution is 2.34. The fourth-order valence-electron chi connectivity index (χ4n) is 2.57. The second-order valence-electron chi connectivity index (χ2n) is 5.50. The Morgan fingerprint density at radius 1 is 1.31 bits per heavy atom. The molecule has 0 amide bonds. The van der Waals surface area contributed by atoms with E-state index in [1.54, 1.807) is 0 Å². The van der Waals surface area contributed by atoms with Crippen LogP contribution in [0.3, 0.4) is 0 Å². The van der Waals surface area contributed by atoms with Crippen LogP contribution in [0.5, 0.6) is 0 Å². The van der Waals surface area contributed by atoms with Gasteiger partial charge in [0.25, 0.3) is 0 Å². The van der Waals surface area contributed by atoms with Crippen molar-refractivity contribution in [3.05, 3.63) is 0 Å². The highest BCUT2D eigenvalue weighted by atomic mass is 15.2. The van der Waals surface area contributed by atoms with Gasteiger partial charge in [-0.1, -0.05) is 0 Å². The molecule has 1 atom stereocenters. The van der Waals surface area contributed by atoms with Gasteiger partial charge in [-0.15, -0.1) is 0 Å². The topological polar surface area (TPSA) is 18.5 Å². The number of hydrogen-bond acceptors (Lipinski definition) is 3. The molecule has 3 heteroatoms. The molecule has 0 spiro atoms. The van der Waals surface area contributed by atoms with E-state index in [-0.39, 0.29) is 0 Å². The minimum atomic E-state index is 0.796. The molecule has 1 aliphatic carbocycles. The lowest BCUT2D eigenvalue weighted by molar-refractivity contribution is 0.189. The van der Waals surface area contributed by atoms with E-state index in [1.165, 1.54) is 58.5 Å². The van der Waals surface area contributed by atoms with Crippen LogP contribution in [0.2, 0.25) is 0 Å². The van der Waals surface area contributed by atoms with Crippen molar-refractivity contribution in [1.82, 2.24) is 15.1 Å². The Morgan fingerprint density at radius 2 is 2.12 bits per heavy atom. The first-order valence-electron chi connectivity index (χ1n) is 6.90. The summed E-state index contributed by atoms with van der Waals surface area (Å²) in [4.78, 5) is 5.16. The van der Waals surface area contributed by atoms with Gasteiger partial charge in [0, 0.05) is 32.2 Å². The van der Waals surface area contributed by atoms with E-state index in [4.69, 9.17) is 0 Å². The van der Waals surface area contributed by atoms with Crippen LogP contribution in [0.1, 0.15) is 26.2 Å². The van der Waals surface area contributed by atoms with E-state index in [0.29, 0.717) is 0 Å². The van der Waals surface area contributed by atoms with Gasteiger partial charge in [0.2, 0.25) is 0 Å². The Bertz CT molecular complexity index is 193. The van der Waals surface area contributed by atoms with Crippen molar-refractivity contribution < 1.29 is 0 Å². The van der Waals surface area contributed by atoms with Crippen molar-refractivity contribution >= 4 is 0 Å². The van der Waals surface area contributed by atoms with Crippen molar-refractivity contribution in [2.45, 2.75) is 32.2 Å². The molecule has 1 heterocycles. The molecule has 0 bridgehead atoms. The van der Waals surface area contributed by atoms with Crippen molar-refractivity contribution in [2.24, 2.45) is 5.92 Å². The summed E-state index contributed by atoms with van der Waals surface area (Å²) in [5.41, 5.74) is 0. The molecule has 0 aromatic carbocycles. The molecule has 94 valence electrons. The molecule has 0 radical (unpaired) electrons. The summed E-state index contributed by atoms with van der Waals surface area (Å²) in [5.74, 6) is 0.996. The van der Waals surface area contributed by atoms with Gasteiger partial charge in [-0.25, -0.2) is 0 Å². The quantitative estimate of drug-likeness (QED) is 0.753. The normalized spacial score (nSPS) is 25.7. The highest BCUT2D eigenvalue weighted by molar-refractivity contribution is 4.84. The van der Waals surface area contributed by atoms with E-state index in [9.17, 15) is 0 Å². The van der Waals surface area contributed by atoms with Gasteiger partial charge in [0.05, 0.1) is 0 Å². The third kappa shape index (κ3) is 3.72. The zero-order chi connectivity index (χ0) is 11.4. The standard InChI is InChI=1S/C13H27N3/c1-12(13-4-5-13)15(2)10-11-16-8-3-6-14-7-9-16/h12-14H,3-11H2,1-2H3. The van der Waals surface area contributed by atoms with Gasteiger partial charge in [-0.3, -0.25) is 0 Å². The summed E-state index contributed by atoms with van der Waals surface area (Å²) < 4.78 is 0. The molecule has 1 saturated carbocycles. The maximum absolute atomic E-state index is 3.46. The first-order chi connectivity index (χ1) is 7.77. The average Bonchev–Trinajstić information content (AvgIpc) is 3.11. The van der Waals surface area contributed by atoms with Crippen LogP contribution in [0.25, 0.3) is 0 Å². The molecular formula is C13H27N3. The SMILES string of the molecule is CC(C1CC1)N(C)CCN1CCCNCC1. The van der Waals surface area contributed by atoms with E-state index in [0.717, 1.165) is 12.0 Å². The molecule has 2 aliphatic rings. The Balaban J connectivity index is 1.64. The second kappa shape index (κ2) is 5.99. The largest absolute Gasteiger partial charge is 0.315 e. The Morgan fingerprint density at radius 3 is 2.88 bits per heavy atom. The zero-order valence-electron chi connectivity index (χ0n) is 10.9. The van der Waals surface area contributed by atoms with Crippen LogP contribution in [0.4, 0.5) is 0 Å². The average molecular weight is 225 g/mol. The summed E-state index contributed by atoms with van der Waals surface area (Å²) in [6.45, 7) is 9.74. The monoisotopic (exact) mass is 225 g/mol. The highest BCUT2D eigenvalue weighted by Gasteiger charge is 2.30. The summed E-state index contributed by atoms with van der Waals surface area (Å²) in [6, 6.07) is 0.796. The van der Waals surface area contributed by atoms with Gasteiger partial charge in [0.1, 0.15) is 0 Å². The predicted octanol–water partition coefficient (Wildman–Crippen LogP) is 1.01. The maximum Gasteiger partial charge on any atom is 0.0110 e. The van der Waals surface area contributed by atoms with Crippen LogP contribution in [-0.4, -0.2) is 62.2 Å². The van der Waals surface area contributed by atoms with Crippen LogP contribution in [-0.2, 0) is 0 Å². The van der Waals surface area contributed by atoms with E-state index in [1.807, 2.05) is 0 Å². The van der Waals surface area contributed by atoms with Crippen molar-refractivity contribution in [3.63, 3.8) is 0 Å². The van der Waals surface area contributed by atoms with Crippen LogP contribution in [0, 0.1) is 5.92 Å². The molecule has 0 aromatic rings. The van der Waals surface area contributed by atoms with Crippen molar-refractivity contribution in [1.29, 1.82) is 0 Å². The molecule has 0 aromatic heterocycles. The van der Waals surface area contributed by atoms with E-state index < -0.39 is 0 Å². The molecule has 2 fully saturated rings. The molecule has 1 saturated heterocycles. The molecule has 3 nitrogen and oxygen atoms in total. The molecule has 2 rings (SSSR count). The minimum Gasteiger partial charge on any atom is -0.315 e. The van der Waals surface area contributed by atoms with Gasteiger partial charge < -0.3 is 15.1 Å². The maximum atomic E-state index is 3.46. The Labute approximate surface area is 100 Å². The van der Waals surface area contributed by atoms with Gasteiger partial charge in [-0.05, 0) is 52.2 Å².